The number of halogens is 1. The highest BCUT2D eigenvalue weighted by Crippen LogP contribution is 2.16. The van der Waals surface area contributed by atoms with E-state index in [0.29, 0.717) is 24.5 Å². The fraction of sp³-hybridized carbons (Fsp3) is 0.111. The average Bonchev–Trinajstić information content (AvgIpc) is 3.13. The molecule has 0 spiro atoms. The van der Waals surface area contributed by atoms with Crippen LogP contribution in [0.4, 0.5) is 5.82 Å². The van der Waals surface area contributed by atoms with E-state index in [2.05, 4.69) is 15.6 Å². The van der Waals surface area contributed by atoms with Crippen LogP contribution in [0.5, 0.6) is 0 Å². The van der Waals surface area contributed by atoms with Crippen LogP contribution in [-0.2, 0) is 13.1 Å². The summed E-state index contributed by atoms with van der Waals surface area (Å²) >= 11 is 7.74. The Morgan fingerprint density at radius 2 is 1.96 bits per heavy atom. The molecule has 24 heavy (non-hydrogen) atoms. The third kappa shape index (κ3) is 4.34. The third-order valence-corrected chi connectivity index (χ3v) is 4.69. The minimum Gasteiger partial charge on any atom is -0.366 e. The Morgan fingerprint density at radius 3 is 2.67 bits per heavy atom. The number of carbonyl (C=O) groups excluding carboxylic acids is 1. The number of amides is 1. The second kappa shape index (κ2) is 7.95. The van der Waals surface area contributed by atoms with Crippen molar-refractivity contribution < 1.29 is 4.79 Å². The van der Waals surface area contributed by atoms with Gasteiger partial charge in [0.1, 0.15) is 5.82 Å². The van der Waals surface area contributed by atoms with Crippen LogP contribution in [0.3, 0.4) is 0 Å². The zero-order valence-electron chi connectivity index (χ0n) is 12.8. The smallest absolute Gasteiger partial charge is 0.253 e. The largest absolute Gasteiger partial charge is 0.366 e. The molecular formula is C18H16ClN3OS. The first-order chi connectivity index (χ1) is 11.7. The maximum atomic E-state index is 12.1. The normalized spacial score (nSPS) is 10.4. The number of nitrogens with one attached hydrogen (secondary N) is 2. The van der Waals surface area contributed by atoms with Crippen molar-refractivity contribution in [1.82, 2.24) is 10.3 Å². The molecule has 0 saturated heterocycles. The standard InChI is InChI=1S/C18H16ClN3OS/c19-16-6-2-1-4-13(16)10-20-17-8-7-14(11-21-17)18(23)22-12-15-5-3-9-24-15/h1-9,11H,10,12H2,(H,20,21)(H,22,23). The first-order valence-corrected chi connectivity index (χ1v) is 8.72. The van der Waals surface area contributed by atoms with Gasteiger partial charge in [-0.15, -0.1) is 11.3 Å². The molecule has 0 aliphatic carbocycles. The molecule has 2 aromatic heterocycles. The van der Waals surface area contributed by atoms with E-state index < -0.39 is 0 Å². The first-order valence-electron chi connectivity index (χ1n) is 7.46. The van der Waals surface area contributed by atoms with E-state index in [1.807, 2.05) is 41.8 Å². The summed E-state index contributed by atoms with van der Waals surface area (Å²) in [5.74, 6) is 0.568. The summed E-state index contributed by atoms with van der Waals surface area (Å²) in [5.41, 5.74) is 1.54. The van der Waals surface area contributed by atoms with Crippen molar-refractivity contribution in [3.63, 3.8) is 0 Å². The van der Waals surface area contributed by atoms with Gasteiger partial charge in [-0.1, -0.05) is 35.9 Å². The number of pyridine rings is 1. The van der Waals surface area contributed by atoms with E-state index in [1.54, 1.807) is 29.7 Å². The molecule has 0 unspecified atom stereocenters. The van der Waals surface area contributed by atoms with Crippen LogP contribution in [0, 0.1) is 0 Å². The lowest BCUT2D eigenvalue weighted by atomic mass is 10.2. The Balaban J connectivity index is 1.55. The lowest BCUT2D eigenvalue weighted by Crippen LogP contribution is -2.22. The minimum absolute atomic E-state index is 0.131. The number of carbonyl (C=O) groups is 1. The summed E-state index contributed by atoms with van der Waals surface area (Å²) < 4.78 is 0. The highest BCUT2D eigenvalue weighted by molar-refractivity contribution is 7.09. The molecule has 0 radical (unpaired) electrons. The maximum absolute atomic E-state index is 12.1. The zero-order valence-corrected chi connectivity index (χ0v) is 14.4. The Kier molecular flexibility index (Phi) is 5.46. The van der Waals surface area contributed by atoms with Crippen molar-refractivity contribution in [2.75, 3.05) is 5.32 Å². The molecule has 0 bridgehead atoms. The van der Waals surface area contributed by atoms with Gasteiger partial charge in [0.25, 0.3) is 5.91 Å². The molecule has 0 fully saturated rings. The summed E-state index contributed by atoms with van der Waals surface area (Å²) in [6, 6.07) is 15.2. The number of hydrogen-bond donors (Lipinski definition) is 2. The molecule has 0 aliphatic heterocycles. The highest BCUT2D eigenvalue weighted by Gasteiger charge is 2.06. The summed E-state index contributed by atoms with van der Waals surface area (Å²) in [7, 11) is 0. The molecule has 1 amide bonds. The van der Waals surface area contributed by atoms with Crippen molar-refractivity contribution in [2.24, 2.45) is 0 Å². The summed E-state index contributed by atoms with van der Waals surface area (Å²) in [5, 5.41) is 8.78. The molecule has 0 atom stereocenters. The number of aromatic nitrogens is 1. The molecule has 1 aromatic carbocycles. The predicted molar refractivity (Wildman–Crippen MR) is 98.5 cm³/mol. The van der Waals surface area contributed by atoms with Crippen LogP contribution in [0.15, 0.2) is 60.1 Å². The topological polar surface area (TPSA) is 54.0 Å². The fourth-order valence-corrected chi connectivity index (χ4v) is 2.99. The van der Waals surface area contributed by atoms with E-state index in [4.69, 9.17) is 11.6 Å². The van der Waals surface area contributed by atoms with Gasteiger partial charge in [0, 0.05) is 22.6 Å². The van der Waals surface area contributed by atoms with Gasteiger partial charge in [-0.05, 0) is 35.2 Å². The number of hydrogen-bond acceptors (Lipinski definition) is 4. The van der Waals surface area contributed by atoms with Crippen LogP contribution in [0.2, 0.25) is 5.02 Å². The lowest BCUT2D eigenvalue weighted by molar-refractivity contribution is 0.0951. The Hall–Kier alpha value is -2.37. The third-order valence-electron chi connectivity index (χ3n) is 3.45. The van der Waals surface area contributed by atoms with E-state index in [-0.39, 0.29) is 5.91 Å². The molecule has 0 saturated carbocycles. The second-order valence-corrected chi connectivity index (χ2v) is 6.58. The van der Waals surface area contributed by atoms with E-state index in [0.717, 1.165) is 15.5 Å². The maximum Gasteiger partial charge on any atom is 0.253 e. The summed E-state index contributed by atoms with van der Waals surface area (Å²) in [4.78, 5) is 17.5. The molecule has 3 rings (SSSR count). The second-order valence-electron chi connectivity index (χ2n) is 5.14. The lowest BCUT2D eigenvalue weighted by Gasteiger charge is -2.08. The van der Waals surface area contributed by atoms with Crippen molar-refractivity contribution in [2.45, 2.75) is 13.1 Å². The van der Waals surface area contributed by atoms with Crippen molar-refractivity contribution >= 4 is 34.7 Å². The summed E-state index contributed by atoms with van der Waals surface area (Å²) in [6.07, 6.45) is 1.57. The molecule has 122 valence electrons. The SMILES string of the molecule is O=C(NCc1cccs1)c1ccc(NCc2ccccc2Cl)nc1. The number of nitrogens with zero attached hydrogens (tertiary/aromatic N) is 1. The van der Waals surface area contributed by atoms with Crippen LogP contribution < -0.4 is 10.6 Å². The number of thiophene rings is 1. The molecule has 6 heteroatoms. The monoisotopic (exact) mass is 357 g/mol. The van der Waals surface area contributed by atoms with Crippen molar-refractivity contribution in [3.8, 4) is 0 Å². The Morgan fingerprint density at radius 1 is 1.08 bits per heavy atom. The molecule has 4 nitrogen and oxygen atoms in total. The van der Waals surface area contributed by atoms with Gasteiger partial charge in [0.15, 0.2) is 0 Å². The highest BCUT2D eigenvalue weighted by atomic mass is 35.5. The van der Waals surface area contributed by atoms with Gasteiger partial charge in [0.2, 0.25) is 0 Å². The van der Waals surface area contributed by atoms with E-state index in [9.17, 15) is 4.79 Å². The minimum atomic E-state index is -0.131. The van der Waals surface area contributed by atoms with Gasteiger partial charge in [0.05, 0.1) is 12.1 Å². The summed E-state index contributed by atoms with van der Waals surface area (Å²) in [6.45, 7) is 1.11. The van der Waals surface area contributed by atoms with Crippen LogP contribution in [0.25, 0.3) is 0 Å². The predicted octanol–water partition coefficient (Wildman–Crippen LogP) is 4.34. The van der Waals surface area contributed by atoms with Crippen LogP contribution in [-0.4, -0.2) is 10.9 Å². The molecular weight excluding hydrogens is 342 g/mol. The number of rotatable bonds is 6. The van der Waals surface area contributed by atoms with Gasteiger partial charge < -0.3 is 10.6 Å². The van der Waals surface area contributed by atoms with Gasteiger partial charge in [-0.25, -0.2) is 4.98 Å². The van der Waals surface area contributed by atoms with E-state index >= 15 is 0 Å². The van der Waals surface area contributed by atoms with Crippen molar-refractivity contribution in [1.29, 1.82) is 0 Å². The van der Waals surface area contributed by atoms with E-state index in [1.165, 1.54) is 0 Å². The number of benzene rings is 1. The van der Waals surface area contributed by atoms with Crippen LogP contribution >= 0.6 is 22.9 Å². The van der Waals surface area contributed by atoms with Gasteiger partial charge in [-0.2, -0.15) is 0 Å². The molecule has 3 aromatic rings. The average molecular weight is 358 g/mol. The molecule has 2 heterocycles. The number of anilines is 1. The zero-order chi connectivity index (χ0) is 16.8. The first kappa shape index (κ1) is 16.5. The molecule has 0 aliphatic rings. The fourth-order valence-electron chi connectivity index (χ4n) is 2.14. The van der Waals surface area contributed by atoms with Crippen molar-refractivity contribution in [3.05, 3.63) is 81.1 Å². The Labute approximate surface area is 149 Å². The van der Waals surface area contributed by atoms with Gasteiger partial charge >= 0.3 is 0 Å². The van der Waals surface area contributed by atoms with Crippen LogP contribution in [0.1, 0.15) is 20.8 Å². The van der Waals surface area contributed by atoms with Gasteiger partial charge in [-0.3, -0.25) is 4.79 Å². The molecule has 2 N–H and O–H groups in total. The Bertz CT molecular complexity index is 803. The quantitative estimate of drug-likeness (QED) is 0.690.